The molecule has 35 heavy (non-hydrogen) atoms. The number of aryl methyl sites for hydroxylation is 1. The number of hydrogen-bond acceptors (Lipinski definition) is 5. The van der Waals surface area contributed by atoms with E-state index in [0.29, 0.717) is 37.0 Å². The SMILES string of the molecule is COc1ccc(NC(=O)N2CCN(c3nc(-c4ccc(C)cc4)nc4cc(Cl)ccc34)CC2)cc1. The van der Waals surface area contributed by atoms with Crippen LogP contribution in [0.5, 0.6) is 5.75 Å². The number of benzene rings is 3. The lowest BCUT2D eigenvalue weighted by atomic mass is 10.1. The van der Waals surface area contributed by atoms with Gasteiger partial charge in [-0.15, -0.1) is 0 Å². The molecule has 1 aliphatic rings. The van der Waals surface area contributed by atoms with E-state index in [0.717, 1.165) is 33.7 Å². The molecular formula is C27H26ClN5O2. The van der Waals surface area contributed by atoms with Gasteiger partial charge in [0.25, 0.3) is 0 Å². The Bertz CT molecular complexity index is 1350. The van der Waals surface area contributed by atoms with Gasteiger partial charge in [0, 0.05) is 47.8 Å². The van der Waals surface area contributed by atoms with E-state index in [1.54, 1.807) is 7.11 Å². The van der Waals surface area contributed by atoms with Crippen LogP contribution in [0.15, 0.2) is 66.7 Å². The molecule has 1 aliphatic heterocycles. The number of ether oxygens (including phenoxy) is 1. The van der Waals surface area contributed by atoms with Crippen LogP contribution < -0.4 is 15.0 Å². The molecule has 0 spiro atoms. The molecule has 8 heteroatoms. The smallest absolute Gasteiger partial charge is 0.321 e. The molecule has 1 N–H and O–H groups in total. The third-order valence-corrected chi connectivity index (χ3v) is 6.39. The Labute approximate surface area is 209 Å². The predicted octanol–water partition coefficient (Wildman–Crippen LogP) is 5.62. The number of carbonyl (C=O) groups is 1. The van der Waals surface area contributed by atoms with Crippen molar-refractivity contribution in [3.8, 4) is 17.1 Å². The highest BCUT2D eigenvalue weighted by Crippen LogP contribution is 2.30. The minimum Gasteiger partial charge on any atom is -0.497 e. The molecule has 0 aliphatic carbocycles. The van der Waals surface area contributed by atoms with Gasteiger partial charge in [-0.3, -0.25) is 0 Å². The van der Waals surface area contributed by atoms with Gasteiger partial charge < -0.3 is 19.9 Å². The second-order valence-corrected chi connectivity index (χ2v) is 8.97. The molecule has 1 fully saturated rings. The fourth-order valence-corrected chi connectivity index (χ4v) is 4.32. The van der Waals surface area contributed by atoms with Crippen LogP contribution in [-0.4, -0.2) is 54.2 Å². The summed E-state index contributed by atoms with van der Waals surface area (Å²) >= 11 is 6.28. The molecule has 0 saturated carbocycles. The number of rotatable bonds is 4. The number of nitrogens with one attached hydrogen (secondary N) is 1. The van der Waals surface area contributed by atoms with Crippen LogP contribution in [0.2, 0.25) is 5.02 Å². The van der Waals surface area contributed by atoms with Crippen LogP contribution in [0.4, 0.5) is 16.3 Å². The lowest BCUT2D eigenvalue weighted by Crippen LogP contribution is -2.50. The highest BCUT2D eigenvalue weighted by Gasteiger charge is 2.24. The molecule has 5 rings (SSSR count). The van der Waals surface area contributed by atoms with Gasteiger partial charge in [-0.05, 0) is 49.4 Å². The molecule has 0 atom stereocenters. The quantitative estimate of drug-likeness (QED) is 0.404. The van der Waals surface area contributed by atoms with Gasteiger partial charge in [-0.25, -0.2) is 14.8 Å². The van der Waals surface area contributed by atoms with Crippen LogP contribution in [0.3, 0.4) is 0 Å². The summed E-state index contributed by atoms with van der Waals surface area (Å²) < 4.78 is 5.18. The zero-order valence-corrected chi connectivity index (χ0v) is 20.4. The van der Waals surface area contributed by atoms with Gasteiger partial charge in [-0.2, -0.15) is 0 Å². The monoisotopic (exact) mass is 487 g/mol. The molecule has 2 heterocycles. The second-order valence-electron chi connectivity index (χ2n) is 8.53. The fraction of sp³-hybridized carbons (Fsp3) is 0.222. The summed E-state index contributed by atoms with van der Waals surface area (Å²) in [5.74, 6) is 2.27. The van der Waals surface area contributed by atoms with Crippen molar-refractivity contribution in [3.05, 3.63) is 77.3 Å². The highest BCUT2D eigenvalue weighted by molar-refractivity contribution is 6.31. The Hall–Kier alpha value is -3.84. The van der Waals surface area contributed by atoms with Crippen molar-refractivity contribution in [1.82, 2.24) is 14.9 Å². The summed E-state index contributed by atoms with van der Waals surface area (Å²) in [7, 11) is 1.62. The first kappa shape index (κ1) is 22.9. The number of carbonyl (C=O) groups excluding carboxylic acids is 1. The minimum atomic E-state index is -0.116. The topological polar surface area (TPSA) is 70.6 Å². The Morgan fingerprint density at radius 3 is 2.34 bits per heavy atom. The number of anilines is 2. The maximum atomic E-state index is 12.8. The van der Waals surface area contributed by atoms with Crippen molar-refractivity contribution < 1.29 is 9.53 Å². The molecule has 1 aromatic heterocycles. The van der Waals surface area contributed by atoms with Crippen LogP contribution >= 0.6 is 11.6 Å². The summed E-state index contributed by atoms with van der Waals surface area (Å²) in [6.45, 7) is 4.55. The first-order chi connectivity index (χ1) is 17.0. The van der Waals surface area contributed by atoms with Gasteiger partial charge >= 0.3 is 6.03 Å². The average Bonchev–Trinajstić information content (AvgIpc) is 2.89. The molecular weight excluding hydrogens is 462 g/mol. The Morgan fingerprint density at radius 1 is 0.943 bits per heavy atom. The standard InChI is InChI=1S/C27H26ClN5O2/c1-18-3-5-19(6-4-18)25-30-24-17-20(28)7-12-23(24)26(31-25)32-13-15-33(16-14-32)27(34)29-21-8-10-22(35-2)11-9-21/h3-12,17H,13-16H2,1-2H3,(H,29,34). The first-order valence-corrected chi connectivity index (χ1v) is 11.9. The predicted molar refractivity (Wildman–Crippen MR) is 141 cm³/mol. The van der Waals surface area contributed by atoms with E-state index >= 15 is 0 Å². The molecule has 0 bridgehead atoms. The zero-order chi connectivity index (χ0) is 24.4. The van der Waals surface area contributed by atoms with Gasteiger partial charge in [-0.1, -0.05) is 41.4 Å². The van der Waals surface area contributed by atoms with Crippen molar-refractivity contribution in [3.63, 3.8) is 0 Å². The molecule has 1 saturated heterocycles. The van der Waals surface area contributed by atoms with Crippen LogP contribution in [0.25, 0.3) is 22.3 Å². The number of fused-ring (bicyclic) bond motifs is 1. The second kappa shape index (κ2) is 9.80. The third kappa shape index (κ3) is 5.00. The third-order valence-electron chi connectivity index (χ3n) is 6.16. The highest BCUT2D eigenvalue weighted by atomic mass is 35.5. The van der Waals surface area contributed by atoms with Crippen molar-refractivity contribution in [2.45, 2.75) is 6.92 Å². The van der Waals surface area contributed by atoms with Crippen LogP contribution in [0.1, 0.15) is 5.56 Å². The summed E-state index contributed by atoms with van der Waals surface area (Å²) in [5, 5.41) is 4.54. The van der Waals surface area contributed by atoms with E-state index in [1.165, 1.54) is 5.56 Å². The van der Waals surface area contributed by atoms with Crippen molar-refractivity contribution in [1.29, 1.82) is 0 Å². The fourth-order valence-electron chi connectivity index (χ4n) is 4.16. The zero-order valence-electron chi connectivity index (χ0n) is 19.7. The largest absolute Gasteiger partial charge is 0.497 e. The molecule has 3 aromatic carbocycles. The molecule has 0 unspecified atom stereocenters. The molecule has 4 aromatic rings. The van der Waals surface area contributed by atoms with E-state index in [4.69, 9.17) is 26.3 Å². The Morgan fingerprint density at radius 2 is 1.66 bits per heavy atom. The van der Waals surface area contributed by atoms with Gasteiger partial charge in [0.2, 0.25) is 0 Å². The number of methoxy groups -OCH3 is 1. The van der Waals surface area contributed by atoms with E-state index in [-0.39, 0.29) is 6.03 Å². The number of halogens is 1. The van der Waals surface area contributed by atoms with Crippen molar-refractivity contribution >= 4 is 40.0 Å². The van der Waals surface area contributed by atoms with Gasteiger partial charge in [0.05, 0.1) is 12.6 Å². The molecule has 2 amide bonds. The number of amides is 2. The Kier molecular flexibility index (Phi) is 6.42. The summed E-state index contributed by atoms with van der Waals surface area (Å²) in [5.41, 5.74) is 3.68. The normalized spacial score (nSPS) is 13.7. The number of aromatic nitrogens is 2. The lowest BCUT2D eigenvalue weighted by molar-refractivity contribution is 0.208. The summed E-state index contributed by atoms with van der Waals surface area (Å²) in [4.78, 5) is 26.6. The summed E-state index contributed by atoms with van der Waals surface area (Å²) in [6, 6.07) is 21.1. The number of nitrogens with zero attached hydrogens (tertiary/aromatic N) is 4. The molecule has 178 valence electrons. The number of hydrogen-bond donors (Lipinski definition) is 1. The van der Waals surface area contributed by atoms with Crippen LogP contribution in [0, 0.1) is 6.92 Å². The molecule has 7 nitrogen and oxygen atoms in total. The summed E-state index contributed by atoms with van der Waals surface area (Å²) in [6.07, 6.45) is 0. The maximum Gasteiger partial charge on any atom is 0.321 e. The number of urea groups is 1. The van der Waals surface area contributed by atoms with E-state index in [2.05, 4.69) is 29.3 Å². The van der Waals surface area contributed by atoms with E-state index in [9.17, 15) is 4.79 Å². The van der Waals surface area contributed by atoms with Gasteiger partial charge in [0.1, 0.15) is 11.6 Å². The molecule has 0 radical (unpaired) electrons. The first-order valence-electron chi connectivity index (χ1n) is 11.5. The van der Waals surface area contributed by atoms with Crippen LogP contribution in [-0.2, 0) is 0 Å². The van der Waals surface area contributed by atoms with Crippen molar-refractivity contribution in [2.75, 3.05) is 43.5 Å². The number of piperazine rings is 1. The average molecular weight is 488 g/mol. The lowest BCUT2D eigenvalue weighted by Gasteiger charge is -2.36. The van der Waals surface area contributed by atoms with Gasteiger partial charge in [0.15, 0.2) is 5.82 Å². The van der Waals surface area contributed by atoms with E-state index in [1.807, 2.05) is 59.5 Å². The maximum absolute atomic E-state index is 12.8. The minimum absolute atomic E-state index is 0.116. The Balaban J connectivity index is 1.36. The van der Waals surface area contributed by atoms with E-state index < -0.39 is 0 Å². The van der Waals surface area contributed by atoms with Crippen molar-refractivity contribution in [2.24, 2.45) is 0 Å².